The summed E-state index contributed by atoms with van der Waals surface area (Å²) < 4.78 is 7.47. The van der Waals surface area contributed by atoms with Gasteiger partial charge in [0.2, 0.25) is 0 Å². The molecule has 0 aromatic heterocycles. The maximum absolute atomic E-state index is 11.8. The van der Waals surface area contributed by atoms with Crippen LogP contribution >= 0.6 is 22.6 Å². The molecule has 0 bridgehead atoms. The monoisotopic (exact) mass is 382 g/mol. The molecule has 4 heteroatoms. The van der Waals surface area contributed by atoms with Gasteiger partial charge < -0.3 is 4.43 Å². The smallest absolute Gasteiger partial charge is 0.193 e. The number of Topliss-reactive ketones (excluding diaryl/α,β-unsaturated/α-hetero) is 1. The van der Waals surface area contributed by atoms with Crippen molar-refractivity contribution in [2.75, 3.05) is 0 Å². The molecular formula is C14H27IO2Si. The first kappa shape index (κ1) is 18.3. The standard InChI is InChI=1S/C14H27IO2Si/c1-10(9-11(2)15)13(12(3)16)17-18(7,8)14(4,5)6/h9-10,13H,1-8H3/b11-9+/t10-,13-/m0/s1. The number of rotatable bonds is 5. The molecule has 106 valence electrons. The van der Waals surface area contributed by atoms with Crippen molar-refractivity contribution in [1.82, 2.24) is 0 Å². The van der Waals surface area contributed by atoms with Crippen LogP contribution in [0, 0.1) is 5.92 Å². The van der Waals surface area contributed by atoms with Gasteiger partial charge in [-0.1, -0.05) is 33.8 Å². The second-order valence-electron chi connectivity index (χ2n) is 6.52. The predicted molar refractivity (Wildman–Crippen MR) is 89.7 cm³/mol. The van der Waals surface area contributed by atoms with E-state index >= 15 is 0 Å². The summed E-state index contributed by atoms with van der Waals surface area (Å²) >= 11 is 2.27. The Morgan fingerprint density at radius 2 is 1.72 bits per heavy atom. The van der Waals surface area contributed by atoms with E-state index in [1.54, 1.807) is 6.92 Å². The number of hydrogen-bond acceptors (Lipinski definition) is 2. The molecule has 0 fully saturated rings. The summed E-state index contributed by atoms with van der Waals surface area (Å²) in [6.07, 6.45) is 1.80. The minimum Gasteiger partial charge on any atom is -0.406 e. The lowest BCUT2D eigenvalue weighted by atomic mass is 10.0. The lowest BCUT2D eigenvalue weighted by Gasteiger charge is -2.39. The minimum absolute atomic E-state index is 0.126. The fraction of sp³-hybridized carbons (Fsp3) is 0.786. The molecule has 2 nitrogen and oxygen atoms in total. The third-order valence-corrected chi connectivity index (χ3v) is 8.41. The maximum Gasteiger partial charge on any atom is 0.193 e. The van der Waals surface area contributed by atoms with Gasteiger partial charge in [0.25, 0.3) is 0 Å². The fourth-order valence-electron chi connectivity index (χ4n) is 1.50. The summed E-state index contributed by atoms with van der Waals surface area (Å²) in [6, 6.07) is 0. The van der Waals surface area contributed by atoms with E-state index < -0.39 is 8.32 Å². The van der Waals surface area contributed by atoms with E-state index in [0.29, 0.717) is 0 Å². The van der Waals surface area contributed by atoms with Crippen LogP contribution in [0.3, 0.4) is 0 Å². The van der Waals surface area contributed by atoms with Gasteiger partial charge in [0.05, 0.1) is 0 Å². The molecule has 0 unspecified atom stereocenters. The number of halogens is 1. The molecule has 18 heavy (non-hydrogen) atoms. The number of carbonyl (C=O) groups excluding carboxylic acids is 1. The van der Waals surface area contributed by atoms with E-state index in [-0.39, 0.29) is 22.8 Å². The van der Waals surface area contributed by atoms with Crippen LogP contribution in [-0.4, -0.2) is 20.2 Å². The van der Waals surface area contributed by atoms with E-state index in [1.165, 1.54) is 3.58 Å². The van der Waals surface area contributed by atoms with Gasteiger partial charge in [-0.2, -0.15) is 0 Å². The molecule has 0 aliphatic carbocycles. The van der Waals surface area contributed by atoms with Crippen molar-refractivity contribution >= 4 is 36.7 Å². The molecule has 0 saturated carbocycles. The van der Waals surface area contributed by atoms with Crippen LogP contribution < -0.4 is 0 Å². The van der Waals surface area contributed by atoms with E-state index in [9.17, 15) is 4.79 Å². The average molecular weight is 382 g/mol. The van der Waals surface area contributed by atoms with E-state index in [0.717, 1.165) is 0 Å². The molecule has 0 rings (SSSR count). The molecule has 0 spiro atoms. The van der Waals surface area contributed by atoms with Gasteiger partial charge in [0.15, 0.2) is 14.1 Å². The van der Waals surface area contributed by atoms with E-state index in [1.807, 2.05) is 6.92 Å². The Morgan fingerprint density at radius 3 is 2.00 bits per heavy atom. The second-order valence-corrected chi connectivity index (χ2v) is 13.0. The quantitative estimate of drug-likeness (QED) is 0.497. The molecular weight excluding hydrogens is 355 g/mol. The van der Waals surface area contributed by atoms with Crippen LogP contribution in [0.4, 0.5) is 0 Å². The average Bonchev–Trinajstić information content (AvgIpc) is 2.10. The first-order valence-corrected chi connectivity index (χ1v) is 10.4. The van der Waals surface area contributed by atoms with Crippen molar-refractivity contribution in [1.29, 1.82) is 0 Å². The molecule has 0 aliphatic heterocycles. The van der Waals surface area contributed by atoms with Gasteiger partial charge in [-0.05, 0) is 58.2 Å². The normalized spacial score (nSPS) is 17.5. The van der Waals surface area contributed by atoms with Gasteiger partial charge >= 0.3 is 0 Å². The fourth-order valence-corrected chi connectivity index (χ4v) is 3.44. The summed E-state index contributed by atoms with van der Waals surface area (Å²) in [4.78, 5) is 11.8. The van der Waals surface area contributed by atoms with Crippen molar-refractivity contribution < 1.29 is 9.22 Å². The molecule has 0 aromatic carbocycles. The summed E-state index contributed by atoms with van der Waals surface area (Å²) in [6.45, 7) is 16.7. The molecule has 0 radical (unpaired) electrons. The zero-order chi connectivity index (χ0) is 14.7. The SMILES string of the molecule is CC(=O)[C@@H](O[Si](C)(C)C(C)(C)C)[C@@H](C)/C=C(\C)I. The van der Waals surface area contributed by atoms with Gasteiger partial charge in [-0.25, -0.2) is 0 Å². The van der Waals surface area contributed by atoms with Crippen LogP contribution in [0.25, 0.3) is 0 Å². The zero-order valence-corrected chi connectivity index (χ0v) is 16.1. The summed E-state index contributed by atoms with van der Waals surface area (Å²) in [5, 5.41) is 0.128. The predicted octanol–water partition coefficient (Wildman–Crippen LogP) is 4.94. The number of hydrogen-bond donors (Lipinski definition) is 0. The highest BCUT2D eigenvalue weighted by Gasteiger charge is 2.41. The van der Waals surface area contributed by atoms with Crippen LogP contribution in [0.2, 0.25) is 18.1 Å². The van der Waals surface area contributed by atoms with Crippen molar-refractivity contribution in [2.45, 2.75) is 65.8 Å². The third-order valence-electron chi connectivity index (χ3n) is 3.60. The van der Waals surface area contributed by atoms with Crippen LogP contribution in [0.1, 0.15) is 41.5 Å². The van der Waals surface area contributed by atoms with Gasteiger partial charge in [-0.3, -0.25) is 4.79 Å². The second kappa shape index (κ2) is 6.66. The van der Waals surface area contributed by atoms with Crippen molar-refractivity contribution in [2.24, 2.45) is 5.92 Å². The number of allylic oxidation sites excluding steroid dienone is 1. The largest absolute Gasteiger partial charge is 0.406 e. The Morgan fingerprint density at radius 1 is 1.28 bits per heavy atom. The Bertz CT molecular complexity index is 325. The third kappa shape index (κ3) is 5.53. The van der Waals surface area contributed by atoms with Gasteiger partial charge in [0, 0.05) is 5.92 Å². The molecule has 0 heterocycles. The molecule has 0 aromatic rings. The molecule has 0 amide bonds. The van der Waals surface area contributed by atoms with Gasteiger partial charge in [0.1, 0.15) is 6.10 Å². The lowest BCUT2D eigenvalue weighted by Crippen LogP contribution is -2.47. The highest BCUT2D eigenvalue weighted by atomic mass is 127. The minimum atomic E-state index is -1.90. The topological polar surface area (TPSA) is 26.3 Å². The number of carbonyl (C=O) groups is 1. The van der Waals surface area contributed by atoms with Crippen molar-refractivity contribution in [3.05, 3.63) is 9.66 Å². The summed E-state index contributed by atoms with van der Waals surface area (Å²) in [5.74, 6) is 0.259. The lowest BCUT2D eigenvalue weighted by molar-refractivity contribution is -0.125. The number of ketones is 1. The van der Waals surface area contributed by atoms with E-state index in [4.69, 9.17) is 4.43 Å². The van der Waals surface area contributed by atoms with Crippen LogP contribution in [0.15, 0.2) is 9.66 Å². The van der Waals surface area contributed by atoms with Gasteiger partial charge in [-0.15, -0.1) is 0 Å². The first-order valence-electron chi connectivity index (χ1n) is 6.40. The zero-order valence-electron chi connectivity index (χ0n) is 12.9. The Balaban J connectivity index is 5.08. The molecule has 0 saturated heterocycles. The molecule has 2 atom stereocenters. The summed E-state index contributed by atoms with van der Waals surface area (Å²) in [7, 11) is -1.90. The van der Waals surface area contributed by atoms with Crippen LogP contribution in [0.5, 0.6) is 0 Å². The van der Waals surface area contributed by atoms with E-state index in [2.05, 4.69) is 69.5 Å². The highest BCUT2D eigenvalue weighted by molar-refractivity contribution is 14.1. The molecule has 0 N–H and O–H groups in total. The summed E-state index contributed by atoms with van der Waals surface area (Å²) in [5.41, 5.74) is 0. The van der Waals surface area contributed by atoms with Crippen LogP contribution in [-0.2, 0) is 9.22 Å². The highest BCUT2D eigenvalue weighted by Crippen LogP contribution is 2.38. The van der Waals surface area contributed by atoms with Crippen molar-refractivity contribution in [3.63, 3.8) is 0 Å². The molecule has 0 aliphatic rings. The first-order chi connectivity index (χ1) is 7.88. The maximum atomic E-state index is 11.8. The van der Waals surface area contributed by atoms with Crippen molar-refractivity contribution in [3.8, 4) is 0 Å². The Hall–Kier alpha value is 0.317. The Labute approximate surface area is 127 Å². The Kier molecular flexibility index (Phi) is 6.77.